The molecule has 2 aliphatic rings. The van der Waals surface area contributed by atoms with Crippen LogP contribution in [0, 0.1) is 19.8 Å². The summed E-state index contributed by atoms with van der Waals surface area (Å²) < 4.78 is 25.7. The quantitative estimate of drug-likeness (QED) is 0.916. The van der Waals surface area contributed by atoms with Crippen LogP contribution in [-0.4, -0.2) is 44.1 Å². The Morgan fingerprint density at radius 1 is 1.18 bits per heavy atom. The summed E-state index contributed by atoms with van der Waals surface area (Å²) in [5, 5.41) is 0. The molecule has 22 heavy (non-hydrogen) atoms. The second kappa shape index (κ2) is 5.35. The van der Waals surface area contributed by atoms with Gasteiger partial charge in [0.05, 0.1) is 6.26 Å². The minimum atomic E-state index is -3.25. The maximum atomic E-state index is 12.8. The molecule has 1 N–H and O–H groups in total. The molecule has 1 heterocycles. The Morgan fingerprint density at radius 3 is 2.36 bits per heavy atom. The number of benzene rings is 1. The summed E-state index contributed by atoms with van der Waals surface area (Å²) in [4.78, 5) is 14.7. The highest BCUT2D eigenvalue weighted by Crippen LogP contribution is 2.38. The van der Waals surface area contributed by atoms with Gasteiger partial charge in [-0.3, -0.25) is 4.79 Å². The van der Waals surface area contributed by atoms with Crippen molar-refractivity contribution in [2.45, 2.75) is 38.8 Å². The van der Waals surface area contributed by atoms with Crippen LogP contribution < -0.4 is 4.72 Å². The Morgan fingerprint density at radius 2 is 1.82 bits per heavy atom. The summed E-state index contributed by atoms with van der Waals surface area (Å²) >= 11 is 0. The van der Waals surface area contributed by atoms with Crippen LogP contribution in [-0.2, 0) is 10.0 Å². The molecule has 2 fully saturated rings. The predicted octanol–water partition coefficient (Wildman–Crippen LogP) is 1.46. The predicted molar refractivity (Wildman–Crippen MR) is 85.2 cm³/mol. The number of amides is 1. The zero-order valence-corrected chi connectivity index (χ0v) is 14.0. The second-order valence-corrected chi connectivity index (χ2v) is 8.52. The van der Waals surface area contributed by atoms with Crippen molar-refractivity contribution in [2.75, 3.05) is 12.8 Å². The number of rotatable bonds is 3. The largest absolute Gasteiger partial charge is 0.334 e. The van der Waals surface area contributed by atoms with Gasteiger partial charge in [0.2, 0.25) is 10.0 Å². The van der Waals surface area contributed by atoms with Gasteiger partial charge in [-0.15, -0.1) is 0 Å². The first-order chi connectivity index (χ1) is 10.2. The average molecular weight is 322 g/mol. The highest BCUT2D eigenvalue weighted by molar-refractivity contribution is 7.88. The van der Waals surface area contributed by atoms with E-state index in [1.807, 2.05) is 36.9 Å². The summed E-state index contributed by atoms with van der Waals surface area (Å²) in [6, 6.07) is 5.68. The second-order valence-electron chi connectivity index (χ2n) is 6.74. The average Bonchev–Trinajstić information content (AvgIpc) is 2.94. The van der Waals surface area contributed by atoms with Crippen LogP contribution in [0.1, 0.15) is 34.3 Å². The highest BCUT2D eigenvalue weighted by Gasteiger charge is 2.47. The van der Waals surface area contributed by atoms with E-state index in [9.17, 15) is 13.2 Å². The molecule has 1 aliphatic carbocycles. The summed E-state index contributed by atoms with van der Waals surface area (Å²) in [5.41, 5.74) is 2.83. The highest BCUT2D eigenvalue weighted by atomic mass is 32.2. The third kappa shape index (κ3) is 3.03. The Labute approximate surface area is 131 Å². The fourth-order valence-electron chi connectivity index (χ4n) is 3.92. The number of sulfonamides is 1. The van der Waals surface area contributed by atoms with E-state index in [0.717, 1.165) is 30.5 Å². The minimum absolute atomic E-state index is 0.0132. The van der Waals surface area contributed by atoms with Gasteiger partial charge >= 0.3 is 0 Å². The number of hydrogen-bond donors (Lipinski definition) is 1. The number of piperidine rings is 1. The molecule has 1 saturated heterocycles. The molecular weight excluding hydrogens is 300 g/mol. The van der Waals surface area contributed by atoms with E-state index in [2.05, 4.69) is 4.72 Å². The van der Waals surface area contributed by atoms with Gasteiger partial charge in [-0.25, -0.2) is 13.1 Å². The third-order valence-corrected chi connectivity index (χ3v) is 5.31. The van der Waals surface area contributed by atoms with E-state index in [1.54, 1.807) is 0 Å². The summed E-state index contributed by atoms with van der Waals surface area (Å²) in [6.07, 6.45) is 2.90. The van der Waals surface area contributed by atoms with Crippen molar-refractivity contribution in [1.82, 2.24) is 9.62 Å². The molecule has 1 aliphatic heterocycles. The number of fused-ring (bicyclic) bond motifs is 2. The van der Waals surface area contributed by atoms with Crippen LogP contribution >= 0.6 is 0 Å². The van der Waals surface area contributed by atoms with E-state index >= 15 is 0 Å². The van der Waals surface area contributed by atoms with Gasteiger partial charge in [0.15, 0.2) is 0 Å². The Hall–Kier alpha value is -1.40. The van der Waals surface area contributed by atoms with Gasteiger partial charge in [0.25, 0.3) is 5.91 Å². The van der Waals surface area contributed by atoms with E-state index in [1.165, 1.54) is 6.26 Å². The van der Waals surface area contributed by atoms with Crippen LogP contribution in [0.2, 0.25) is 0 Å². The van der Waals surface area contributed by atoms with Crippen molar-refractivity contribution in [3.63, 3.8) is 0 Å². The molecule has 120 valence electrons. The van der Waals surface area contributed by atoms with E-state index in [-0.39, 0.29) is 18.0 Å². The fraction of sp³-hybridized carbons (Fsp3) is 0.562. The number of nitrogens with zero attached hydrogens (tertiary/aromatic N) is 1. The standard InChI is InChI=1S/C16H22N2O3S/c1-10-4-11(2)6-13(5-10)16(19)18-9-12-7-14(15(18)8-12)17-22(3,20)21/h4-6,12,14-15,17H,7-9H2,1-3H3. The lowest BCUT2D eigenvalue weighted by Gasteiger charge is -2.33. The molecule has 2 bridgehead atoms. The zero-order chi connectivity index (χ0) is 16.1. The third-order valence-electron chi connectivity index (χ3n) is 4.58. The molecular formula is C16H22N2O3S. The smallest absolute Gasteiger partial charge is 0.254 e. The van der Waals surface area contributed by atoms with Crippen molar-refractivity contribution in [3.8, 4) is 0 Å². The first-order valence-corrected chi connectivity index (χ1v) is 9.48. The maximum absolute atomic E-state index is 12.8. The molecule has 1 aromatic rings. The Bertz CT molecular complexity index is 694. The van der Waals surface area contributed by atoms with Gasteiger partial charge in [-0.1, -0.05) is 17.2 Å². The fourth-order valence-corrected chi connectivity index (χ4v) is 4.73. The molecule has 3 unspecified atom stereocenters. The first-order valence-electron chi connectivity index (χ1n) is 7.59. The first kappa shape index (κ1) is 15.5. The minimum Gasteiger partial charge on any atom is -0.334 e. The van der Waals surface area contributed by atoms with Crippen LogP contribution in [0.3, 0.4) is 0 Å². The summed E-state index contributed by atoms with van der Waals surface area (Å²) in [5.74, 6) is 0.415. The van der Waals surface area contributed by atoms with Crippen molar-refractivity contribution in [1.29, 1.82) is 0 Å². The van der Waals surface area contributed by atoms with Crippen molar-refractivity contribution >= 4 is 15.9 Å². The molecule has 1 aromatic carbocycles. The van der Waals surface area contributed by atoms with E-state index in [0.29, 0.717) is 11.5 Å². The molecule has 5 nitrogen and oxygen atoms in total. The van der Waals surface area contributed by atoms with Crippen LogP contribution in [0.15, 0.2) is 18.2 Å². The van der Waals surface area contributed by atoms with Gasteiger partial charge < -0.3 is 4.90 Å². The van der Waals surface area contributed by atoms with Gasteiger partial charge in [-0.05, 0) is 44.7 Å². The normalized spacial score (nSPS) is 27.4. The monoisotopic (exact) mass is 322 g/mol. The van der Waals surface area contributed by atoms with E-state index in [4.69, 9.17) is 0 Å². The Balaban J connectivity index is 1.82. The molecule has 0 aromatic heterocycles. The SMILES string of the molecule is Cc1cc(C)cc(C(=O)N2CC3CC(NS(C)(=O)=O)C2C3)c1. The lowest BCUT2D eigenvalue weighted by atomic mass is 10.0. The van der Waals surface area contributed by atoms with Crippen molar-refractivity contribution in [3.05, 3.63) is 34.9 Å². The maximum Gasteiger partial charge on any atom is 0.254 e. The lowest BCUT2D eigenvalue weighted by molar-refractivity contribution is 0.0678. The van der Waals surface area contributed by atoms with Gasteiger partial charge in [0.1, 0.15) is 0 Å². The molecule has 3 rings (SSSR count). The van der Waals surface area contributed by atoms with Crippen molar-refractivity contribution < 1.29 is 13.2 Å². The van der Waals surface area contributed by atoms with Crippen LogP contribution in [0.4, 0.5) is 0 Å². The van der Waals surface area contributed by atoms with Gasteiger partial charge in [0, 0.05) is 24.2 Å². The summed E-state index contributed by atoms with van der Waals surface area (Å²) in [7, 11) is -3.25. The molecule has 1 saturated carbocycles. The molecule has 1 amide bonds. The lowest BCUT2D eigenvalue weighted by Crippen LogP contribution is -2.51. The topological polar surface area (TPSA) is 66.5 Å². The summed E-state index contributed by atoms with van der Waals surface area (Å²) in [6.45, 7) is 4.69. The van der Waals surface area contributed by atoms with Gasteiger partial charge in [-0.2, -0.15) is 0 Å². The van der Waals surface area contributed by atoms with Crippen molar-refractivity contribution in [2.24, 2.45) is 5.92 Å². The number of aryl methyl sites for hydroxylation is 2. The number of likely N-dealkylation sites (tertiary alicyclic amines) is 1. The Kier molecular flexibility index (Phi) is 3.77. The number of carbonyl (C=O) groups is 1. The number of hydrogen-bond acceptors (Lipinski definition) is 3. The van der Waals surface area contributed by atoms with Crippen LogP contribution in [0.5, 0.6) is 0 Å². The van der Waals surface area contributed by atoms with E-state index < -0.39 is 10.0 Å². The molecule has 0 radical (unpaired) electrons. The zero-order valence-electron chi connectivity index (χ0n) is 13.2. The molecule has 0 spiro atoms. The molecule has 6 heteroatoms. The number of carbonyl (C=O) groups excluding carboxylic acids is 1. The van der Waals surface area contributed by atoms with Crippen LogP contribution in [0.25, 0.3) is 0 Å². The number of nitrogens with one attached hydrogen (secondary N) is 1. The molecule has 3 atom stereocenters.